The first kappa shape index (κ1) is 95.0. The van der Waals surface area contributed by atoms with E-state index in [0.717, 1.165) is 36.4 Å². The zero-order valence-corrected chi connectivity index (χ0v) is 71.3. The molecule has 0 aliphatic rings. The largest absolute Gasteiger partial charge is 0.476 e. The number of nitrogen functional groups attached to an aromatic ring is 4. The highest BCUT2D eigenvalue weighted by atomic mass is 19.2. The maximum Gasteiger partial charge on any atom is 0.358 e. The van der Waals surface area contributed by atoms with Crippen molar-refractivity contribution in [2.24, 2.45) is 33.9 Å². The Bertz CT molecular complexity index is 6710. The van der Waals surface area contributed by atoms with Gasteiger partial charge in [-0.25, -0.2) is 99.7 Å². The molecule has 680 valence electrons. The van der Waals surface area contributed by atoms with Gasteiger partial charge in [0.25, 0.3) is 0 Å². The van der Waals surface area contributed by atoms with Gasteiger partial charge in [0, 0.05) is 147 Å². The van der Waals surface area contributed by atoms with Crippen molar-refractivity contribution in [2.75, 3.05) is 22.9 Å². The monoisotopic (exact) mass is 1820 g/mol. The number of halogens is 8. The van der Waals surface area contributed by atoms with Crippen molar-refractivity contribution in [3.8, 4) is 91.4 Å². The molecule has 12 aromatic heterocycles. The lowest BCUT2D eigenvalue weighted by molar-refractivity contribution is 0.0690. The summed E-state index contributed by atoms with van der Waals surface area (Å²) < 4.78 is 137. The fraction of sp³-hybridized carbons (Fsp3) is 0.165. The molecule has 12 heterocycles. The van der Waals surface area contributed by atoms with Crippen LogP contribution in [0.1, 0.15) is 135 Å². The number of aryl methyl sites for hydroxylation is 4. The number of aromatic nitrogens is 16. The number of carboxylic acids is 1. The van der Waals surface area contributed by atoms with E-state index in [0.29, 0.717) is 22.3 Å². The number of hydrogen-bond donors (Lipinski definition) is 6. The third-order valence-electron chi connectivity index (χ3n) is 20.1. The van der Waals surface area contributed by atoms with Gasteiger partial charge in [-0.2, -0.15) is 0 Å². The van der Waals surface area contributed by atoms with E-state index in [9.17, 15) is 78.6 Å². The van der Waals surface area contributed by atoms with E-state index in [1.54, 1.807) is 35.1 Å². The average molecular weight is 1820 g/mol. The van der Waals surface area contributed by atoms with E-state index < -0.39 is 93.7 Å². The minimum Gasteiger partial charge on any atom is -0.476 e. The van der Waals surface area contributed by atoms with Crippen molar-refractivity contribution in [3.05, 3.63) is 329 Å². The second-order valence-electron chi connectivity index (χ2n) is 29.7. The number of carbonyl (C=O) groups excluding carboxylic acids is 3. The Morgan fingerprint density at radius 3 is 0.722 bits per heavy atom. The van der Waals surface area contributed by atoms with Gasteiger partial charge in [-0.1, -0.05) is 45.0 Å². The fourth-order valence-corrected chi connectivity index (χ4v) is 13.6. The van der Waals surface area contributed by atoms with Crippen molar-refractivity contribution >= 4 is 46.6 Å². The molecule has 4 aromatic carbocycles. The van der Waals surface area contributed by atoms with Crippen molar-refractivity contribution < 1.29 is 77.1 Å². The van der Waals surface area contributed by atoms with E-state index in [2.05, 4.69) is 59.8 Å². The minimum absolute atomic E-state index is 0.0486. The Morgan fingerprint density at radius 1 is 0.323 bits per heavy atom. The Balaban J connectivity index is 0.000000155. The van der Waals surface area contributed by atoms with Gasteiger partial charge in [0.15, 0.2) is 69.1 Å². The molecule has 0 spiro atoms. The van der Waals surface area contributed by atoms with Gasteiger partial charge < -0.3 is 69.7 Å². The standard InChI is InChI=1S/3C23H19F2N5O3.C14H11N5O4.C8H9F2N/c3*1-12(18-14(24)4-3-5-15(18)25)10-16(31)20-22(26)29-21(23-27-8-9-33-23)19(28-20)13-6-7-17(32)30(2)11-13;1-19-6-7(2-3-8(19)20)9-10(13-16-4-5-23-13)18-12(15)11(17-9)14(21)22;1-5(11)8-6(9)3-2-4-7(8)10/h3*3-9,11-12H,10H2,1-2H3,(H2,26,29);2-6H,1H3,(H2,15,18)(H,21,22);2-5H,11H2,1H3. The minimum atomic E-state index is -1.31. The van der Waals surface area contributed by atoms with E-state index >= 15 is 0 Å². The maximum atomic E-state index is 14.1. The van der Waals surface area contributed by atoms with Gasteiger partial charge in [0.05, 0.1) is 24.8 Å². The molecule has 4 unspecified atom stereocenters. The van der Waals surface area contributed by atoms with Gasteiger partial charge >= 0.3 is 5.97 Å². The van der Waals surface area contributed by atoms with Crippen LogP contribution in [0.5, 0.6) is 0 Å². The summed E-state index contributed by atoms with van der Waals surface area (Å²) in [5.74, 6) is -11.1. The number of carboxylic acid groups (broad SMARTS) is 1. The number of benzene rings is 4. The predicted octanol–water partition coefficient (Wildman–Crippen LogP) is 14.0. The van der Waals surface area contributed by atoms with Crippen molar-refractivity contribution in [1.82, 2.24) is 78.1 Å². The second kappa shape index (κ2) is 41.3. The quantitative estimate of drug-likeness (QED) is 0.0271. The Labute approximate surface area is 746 Å². The first-order chi connectivity index (χ1) is 63.4. The third-order valence-corrected chi connectivity index (χ3v) is 20.1. The lowest BCUT2D eigenvalue weighted by Gasteiger charge is -2.15. The van der Waals surface area contributed by atoms with Gasteiger partial charge in [-0.3, -0.25) is 33.6 Å². The third kappa shape index (κ3) is 21.9. The number of pyridine rings is 4. The van der Waals surface area contributed by atoms with Crippen LogP contribution in [0.4, 0.5) is 58.4 Å². The Morgan fingerprint density at radius 2 is 0.534 bits per heavy atom. The summed E-state index contributed by atoms with van der Waals surface area (Å²) in [6.07, 6.45) is 16.4. The molecular formula is C91H77F8N21O13. The Hall–Kier alpha value is -17.1. The summed E-state index contributed by atoms with van der Waals surface area (Å²) in [5.41, 5.74) is 30.2. The SMILES string of the molecule is CC(CC(=O)c1nc(-c2ccc(=O)n(C)c2)c(-c2ncco2)nc1N)c1c(F)cccc1F.CC(CC(=O)c1nc(-c2ccc(=O)n(C)c2)c(-c2ncco2)nc1N)c1c(F)cccc1F.CC(CC(=O)c1nc(-c2ccc(=O)n(C)c2)c(-c2ncco2)nc1N)c1c(F)cccc1F.CC(N)c1c(F)cccc1F.Cn1cc(-c2nc(C(=O)O)c(N)nc2-c2ncco2)ccc1=O. The molecule has 16 rings (SSSR count). The fourth-order valence-electron chi connectivity index (χ4n) is 13.6. The van der Waals surface area contributed by atoms with E-state index in [4.69, 9.17) is 46.3 Å². The van der Waals surface area contributed by atoms with Crippen LogP contribution in [-0.4, -0.2) is 107 Å². The summed E-state index contributed by atoms with van der Waals surface area (Å²) in [5, 5.41) is 9.18. The van der Waals surface area contributed by atoms with Crippen LogP contribution < -0.4 is 50.9 Å². The number of hydrogen-bond acceptors (Lipinski definition) is 29. The predicted molar refractivity (Wildman–Crippen MR) is 468 cm³/mol. The zero-order valence-electron chi connectivity index (χ0n) is 71.3. The van der Waals surface area contributed by atoms with Crippen LogP contribution in [0.3, 0.4) is 0 Å². The van der Waals surface area contributed by atoms with Crippen LogP contribution in [-0.2, 0) is 28.2 Å². The summed E-state index contributed by atoms with van der Waals surface area (Å²) in [7, 11) is 6.27. The van der Waals surface area contributed by atoms with E-state index in [-0.39, 0.29) is 179 Å². The first-order valence-corrected chi connectivity index (χ1v) is 39.7. The van der Waals surface area contributed by atoms with Crippen molar-refractivity contribution in [1.29, 1.82) is 0 Å². The van der Waals surface area contributed by atoms with Crippen LogP contribution in [0.2, 0.25) is 0 Å². The Kier molecular flexibility index (Phi) is 29.5. The first-order valence-electron chi connectivity index (χ1n) is 39.7. The molecule has 133 heavy (non-hydrogen) atoms. The summed E-state index contributed by atoms with van der Waals surface area (Å²) in [6.45, 7) is 6.16. The molecular weight excluding hydrogens is 1750 g/mol. The van der Waals surface area contributed by atoms with Crippen LogP contribution in [0.25, 0.3) is 91.4 Å². The number of oxazole rings is 4. The van der Waals surface area contributed by atoms with Gasteiger partial charge in [0.2, 0.25) is 45.8 Å². The van der Waals surface area contributed by atoms with E-state index in [1.165, 1.54) is 199 Å². The molecule has 0 saturated heterocycles. The highest BCUT2D eigenvalue weighted by Gasteiger charge is 2.32. The van der Waals surface area contributed by atoms with Crippen molar-refractivity contribution in [3.63, 3.8) is 0 Å². The van der Waals surface area contributed by atoms with Crippen LogP contribution in [0.15, 0.2) is 233 Å². The van der Waals surface area contributed by atoms with Gasteiger partial charge in [-0.15, -0.1) is 0 Å². The molecule has 0 amide bonds. The summed E-state index contributed by atoms with van der Waals surface area (Å²) in [4.78, 5) is 148. The number of ketones is 3. The molecule has 42 heteroatoms. The lowest BCUT2D eigenvalue weighted by Crippen LogP contribution is -2.16. The highest BCUT2D eigenvalue weighted by Crippen LogP contribution is 2.38. The molecule has 11 N–H and O–H groups in total. The molecule has 4 atom stereocenters. The molecule has 0 fully saturated rings. The number of nitrogens with zero attached hydrogens (tertiary/aromatic N) is 16. The number of aromatic carboxylic acids is 1. The summed E-state index contributed by atoms with van der Waals surface area (Å²) >= 11 is 0. The normalized spacial score (nSPS) is 11.9. The highest BCUT2D eigenvalue weighted by molar-refractivity contribution is 6.02. The smallest absolute Gasteiger partial charge is 0.358 e. The maximum absolute atomic E-state index is 14.1. The molecule has 34 nitrogen and oxygen atoms in total. The number of anilines is 4. The number of rotatable bonds is 22. The molecule has 0 bridgehead atoms. The number of Topliss-reactive ketones (excluding diaryl/α,β-unsaturated/α-hetero) is 3. The van der Waals surface area contributed by atoms with Crippen molar-refractivity contribution in [2.45, 2.75) is 70.8 Å². The molecule has 0 radical (unpaired) electrons. The number of carbonyl (C=O) groups is 4. The summed E-state index contributed by atoms with van der Waals surface area (Å²) in [6, 6.07) is 25.2. The van der Waals surface area contributed by atoms with Crippen LogP contribution in [0, 0.1) is 46.5 Å². The average Bonchev–Trinajstić information content (AvgIpc) is 1.49. The topological polar surface area (TPSA) is 514 Å². The second-order valence-corrected chi connectivity index (χ2v) is 29.7. The zero-order chi connectivity index (χ0) is 96.1. The molecule has 0 aliphatic heterocycles. The van der Waals surface area contributed by atoms with E-state index in [1.807, 2.05) is 0 Å². The molecule has 0 saturated carbocycles. The molecule has 0 aliphatic carbocycles. The number of nitrogens with two attached hydrogens (primary N) is 5. The van der Waals surface area contributed by atoms with Crippen LogP contribution >= 0.6 is 0 Å². The van der Waals surface area contributed by atoms with Gasteiger partial charge in [0.1, 0.15) is 111 Å². The van der Waals surface area contributed by atoms with Gasteiger partial charge in [-0.05, 0) is 97.5 Å². The lowest BCUT2D eigenvalue weighted by atomic mass is 9.93. The molecule has 16 aromatic rings.